The van der Waals surface area contributed by atoms with Crippen molar-refractivity contribution >= 4 is 45.6 Å². The van der Waals surface area contributed by atoms with Gasteiger partial charge >= 0.3 is 5.97 Å². The maximum atomic E-state index is 12.8. The number of pyridine rings is 1. The van der Waals surface area contributed by atoms with Crippen molar-refractivity contribution in [1.82, 2.24) is 4.98 Å². The molecule has 0 atom stereocenters. The second-order valence-corrected chi connectivity index (χ2v) is 7.38. The number of fused-ring (bicyclic) bond motifs is 1. The second-order valence-electron chi connectivity index (χ2n) is 6.03. The number of ketones is 1. The predicted octanol–water partition coefficient (Wildman–Crippen LogP) is 5.66. The predicted molar refractivity (Wildman–Crippen MR) is 111 cm³/mol. The summed E-state index contributed by atoms with van der Waals surface area (Å²) in [6.07, 6.45) is 0. The second kappa shape index (κ2) is 7.92. The van der Waals surface area contributed by atoms with E-state index in [0.717, 1.165) is 4.88 Å². The molecule has 0 bridgehead atoms. The van der Waals surface area contributed by atoms with E-state index in [0.29, 0.717) is 32.7 Å². The van der Waals surface area contributed by atoms with Crippen LogP contribution in [0.25, 0.3) is 21.5 Å². The largest absolute Gasteiger partial charge is 0.454 e. The van der Waals surface area contributed by atoms with Gasteiger partial charge in [0.05, 0.1) is 26.7 Å². The number of Topliss-reactive ketones (excluding diaryl/α,β-unsaturated/α-hetero) is 1. The number of rotatable bonds is 5. The standard InChI is InChI=1S/C22H14ClNO3S/c23-17-8-3-1-7-15(17)20(25)13-27-22(26)16-12-19(21-10-5-11-28-21)24-18-9-4-2-6-14(16)18/h1-12H,13H2. The fraction of sp³-hybridized carbons (Fsp3) is 0.0455. The van der Waals surface area contributed by atoms with Crippen LogP contribution in [0, 0.1) is 0 Å². The minimum Gasteiger partial charge on any atom is -0.454 e. The van der Waals surface area contributed by atoms with E-state index in [-0.39, 0.29) is 12.4 Å². The summed E-state index contributed by atoms with van der Waals surface area (Å²) in [5, 5.41) is 2.96. The Morgan fingerprint density at radius 3 is 2.54 bits per heavy atom. The number of carbonyl (C=O) groups is 2. The fourth-order valence-electron chi connectivity index (χ4n) is 2.87. The third-order valence-corrected chi connectivity index (χ3v) is 5.44. The van der Waals surface area contributed by atoms with Gasteiger partial charge in [0, 0.05) is 10.9 Å². The van der Waals surface area contributed by atoms with Crippen LogP contribution in [0.2, 0.25) is 5.02 Å². The highest BCUT2D eigenvalue weighted by atomic mass is 35.5. The SMILES string of the molecule is O=C(COC(=O)c1cc(-c2cccs2)nc2ccccc12)c1ccccc1Cl. The highest BCUT2D eigenvalue weighted by Gasteiger charge is 2.18. The number of hydrogen-bond donors (Lipinski definition) is 0. The van der Waals surface area contributed by atoms with Crippen LogP contribution in [0.5, 0.6) is 0 Å². The maximum absolute atomic E-state index is 12.8. The summed E-state index contributed by atoms with van der Waals surface area (Å²) in [5.41, 5.74) is 2.09. The Labute approximate surface area is 170 Å². The molecule has 0 aliphatic rings. The first-order valence-electron chi connectivity index (χ1n) is 8.52. The van der Waals surface area contributed by atoms with E-state index in [1.807, 2.05) is 41.8 Å². The third kappa shape index (κ3) is 3.67. The lowest BCUT2D eigenvalue weighted by Gasteiger charge is -2.09. The van der Waals surface area contributed by atoms with E-state index in [4.69, 9.17) is 16.3 Å². The topological polar surface area (TPSA) is 56.3 Å². The van der Waals surface area contributed by atoms with E-state index in [9.17, 15) is 9.59 Å². The Kier molecular flexibility index (Phi) is 5.19. The van der Waals surface area contributed by atoms with Crippen LogP contribution in [0.4, 0.5) is 0 Å². The molecule has 2 heterocycles. The first kappa shape index (κ1) is 18.3. The highest BCUT2D eigenvalue weighted by Crippen LogP contribution is 2.28. The Morgan fingerprint density at radius 1 is 0.964 bits per heavy atom. The molecule has 138 valence electrons. The highest BCUT2D eigenvalue weighted by molar-refractivity contribution is 7.13. The molecule has 4 nitrogen and oxygen atoms in total. The molecule has 0 saturated carbocycles. The molecule has 0 aliphatic heterocycles. The lowest BCUT2D eigenvalue weighted by molar-refractivity contribution is 0.0476. The normalized spacial score (nSPS) is 10.8. The van der Waals surface area contributed by atoms with Crippen LogP contribution < -0.4 is 0 Å². The van der Waals surface area contributed by atoms with Crippen molar-refractivity contribution in [2.45, 2.75) is 0 Å². The molecule has 28 heavy (non-hydrogen) atoms. The molecule has 0 radical (unpaired) electrons. The quantitative estimate of drug-likeness (QED) is 0.316. The number of carbonyl (C=O) groups excluding carboxylic acids is 2. The van der Waals surface area contributed by atoms with E-state index < -0.39 is 5.97 Å². The van der Waals surface area contributed by atoms with Crippen LogP contribution >= 0.6 is 22.9 Å². The Bertz CT molecular complexity index is 1170. The third-order valence-electron chi connectivity index (χ3n) is 4.22. The van der Waals surface area contributed by atoms with Gasteiger partial charge in [0.1, 0.15) is 0 Å². The molecule has 0 saturated heterocycles. The van der Waals surface area contributed by atoms with E-state index >= 15 is 0 Å². The monoisotopic (exact) mass is 407 g/mol. The van der Waals surface area contributed by atoms with Crippen LogP contribution in [0.3, 0.4) is 0 Å². The van der Waals surface area contributed by atoms with Gasteiger partial charge in [-0.3, -0.25) is 4.79 Å². The van der Waals surface area contributed by atoms with Crippen LogP contribution in [-0.2, 0) is 4.74 Å². The minimum atomic E-state index is -0.572. The van der Waals surface area contributed by atoms with Gasteiger partial charge in [0.2, 0.25) is 5.78 Å². The van der Waals surface area contributed by atoms with Crippen LogP contribution in [0.15, 0.2) is 72.1 Å². The molecule has 4 aromatic rings. The summed E-state index contributed by atoms with van der Waals surface area (Å²) in [6, 6.07) is 19.6. The summed E-state index contributed by atoms with van der Waals surface area (Å²) in [5.74, 6) is -0.924. The number of thiophene rings is 1. The maximum Gasteiger partial charge on any atom is 0.339 e. The van der Waals surface area contributed by atoms with Gasteiger partial charge in [0.15, 0.2) is 6.61 Å². The smallest absolute Gasteiger partial charge is 0.339 e. The molecule has 0 aliphatic carbocycles. The molecule has 4 rings (SSSR count). The van der Waals surface area contributed by atoms with Crippen molar-refractivity contribution in [3.63, 3.8) is 0 Å². The van der Waals surface area contributed by atoms with Crippen molar-refractivity contribution in [1.29, 1.82) is 0 Å². The van der Waals surface area contributed by atoms with Crippen molar-refractivity contribution < 1.29 is 14.3 Å². The molecular weight excluding hydrogens is 394 g/mol. The summed E-state index contributed by atoms with van der Waals surface area (Å²) < 4.78 is 5.31. The summed E-state index contributed by atoms with van der Waals surface area (Å²) in [7, 11) is 0. The molecule has 0 unspecified atom stereocenters. The number of nitrogens with zero attached hydrogens (tertiary/aromatic N) is 1. The van der Waals surface area contributed by atoms with Crippen molar-refractivity contribution in [3.8, 4) is 10.6 Å². The fourth-order valence-corrected chi connectivity index (χ4v) is 3.80. The summed E-state index contributed by atoms with van der Waals surface area (Å²) in [6.45, 7) is -0.381. The van der Waals surface area contributed by atoms with E-state index in [2.05, 4.69) is 4.98 Å². The molecular formula is C22H14ClNO3S. The average Bonchev–Trinajstić information content (AvgIpc) is 3.26. The van der Waals surface area contributed by atoms with Gasteiger partial charge in [-0.05, 0) is 35.7 Å². The van der Waals surface area contributed by atoms with Crippen LogP contribution in [-0.4, -0.2) is 23.3 Å². The van der Waals surface area contributed by atoms with Crippen LogP contribution in [0.1, 0.15) is 20.7 Å². The average molecular weight is 408 g/mol. The molecule has 0 amide bonds. The number of aromatic nitrogens is 1. The zero-order valence-electron chi connectivity index (χ0n) is 14.6. The van der Waals surface area contributed by atoms with Gasteiger partial charge in [-0.25, -0.2) is 9.78 Å². The van der Waals surface area contributed by atoms with Gasteiger partial charge in [0.25, 0.3) is 0 Å². The summed E-state index contributed by atoms with van der Waals surface area (Å²) in [4.78, 5) is 30.7. The number of halogens is 1. The number of para-hydroxylation sites is 1. The summed E-state index contributed by atoms with van der Waals surface area (Å²) >= 11 is 7.58. The molecule has 0 N–H and O–H groups in total. The van der Waals surface area contributed by atoms with E-state index in [1.165, 1.54) is 11.3 Å². The number of hydrogen-bond acceptors (Lipinski definition) is 5. The molecule has 6 heteroatoms. The molecule has 0 spiro atoms. The molecule has 0 fully saturated rings. The Morgan fingerprint density at radius 2 is 1.75 bits per heavy atom. The van der Waals surface area contributed by atoms with Gasteiger partial charge in [-0.1, -0.05) is 48.0 Å². The minimum absolute atomic E-state index is 0.329. The first-order valence-corrected chi connectivity index (χ1v) is 9.78. The zero-order valence-corrected chi connectivity index (χ0v) is 16.2. The first-order chi connectivity index (χ1) is 13.6. The van der Waals surface area contributed by atoms with Crippen molar-refractivity contribution in [3.05, 3.63) is 88.3 Å². The molecule has 2 aromatic carbocycles. The lowest BCUT2D eigenvalue weighted by Crippen LogP contribution is -2.15. The van der Waals surface area contributed by atoms with E-state index in [1.54, 1.807) is 30.3 Å². The number of benzene rings is 2. The number of ether oxygens (including phenoxy) is 1. The Hall–Kier alpha value is -3.02. The number of esters is 1. The Balaban J connectivity index is 1.63. The van der Waals surface area contributed by atoms with Crippen molar-refractivity contribution in [2.24, 2.45) is 0 Å². The van der Waals surface area contributed by atoms with Gasteiger partial charge in [-0.15, -0.1) is 11.3 Å². The lowest BCUT2D eigenvalue weighted by atomic mass is 10.1. The molecule has 2 aromatic heterocycles. The zero-order chi connectivity index (χ0) is 19.5. The van der Waals surface area contributed by atoms with Crippen molar-refractivity contribution in [2.75, 3.05) is 6.61 Å². The van der Waals surface area contributed by atoms with Gasteiger partial charge < -0.3 is 4.74 Å². The van der Waals surface area contributed by atoms with Gasteiger partial charge in [-0.2, -0.15) is 0 Å².